The van der Waals surface area contributed by atoms with Crippen molar-refractivity contribution in [3.63, 3.8) is 0 Å². The van der Waals surface area contributed by atoms with E-state index in [1.165, 1.54) is 0 Å². The van der Waals surface area contributed by atoms with Crippen LogP contribution in [0.2, 0.25) is 0 Å². The van der Waals surface area contributed by atoms with Gasteiger partial charge in [-0.1, -0.05) is 24.3 Å². The summed E-state index contributed by atoms with van der Waals surface area (Å²) >= 11 is 0. The van der Waals surface area contributed by atoms with E-state index in [0.29, 0.717) is 23.9 Å². The Morgan fingerprint density at radius 3 is 1.35 bits per heavy atom. The number of hydrogen-bond donors (Lipinski definition) is 2. The molecule has 0 aliphatic rings. The third-order valence-electron chi connectivity index (χ3n) is 3.28. The van der Waals surface area contributed by atoms with Crippen LogP contribution in [0, 0.1) is 0 Å². The molecular formula is C16H22N2O2. The van der Waals surface area contributed by atoms with Gasteiger partial charge in [0.05, 0.1) is 0 Å². The first-order valence-electron chi connectivity index (χ1n) is 6.65. The second-order valence-corrected chi connectivity index (χ2v) is 5.72. The minimum atomic E-state index is 0.253. The van der Waals surface area contributed by atoms with Gasteiger partial charge in [0, 0.05) is 35.0 Å². The van der Waals surface area contributed by atoms with E-state index in [2.05, 4.69) is 0 Å². The SMILES string of the molecule is CN(C)Cc1ccc2c(O)c(CN(C)C)ccc2c1O. The van der Waals surface area contributed by atoms with Crippen LogP contribution < -0.4 is 0 Å². The van der Waals surface area contributed by atoms with Crippen LogP contribution in [0.4, 0.5) is 0 Å². The van der Waals surface area contributed by atoms with Gasteiger partial charge in [0.25, 0.3) is 0 Å². The van der Waals surface area contributed by atoms with Crippen LogP contribution in [0.3, 0.4) is 0 Å². The van der Waals surface area contributed by atoms with Crippen molar-refractivity contribution in [2.45, 2.75) is 13.1 Å². The summed E-state index contributed by atoms with van der Waals surface area (Å²) in [5.41, 5.74) is 1.73. The van der Waals surface area contributed by atoms with Gasteiger partial charge in [0.1, 0.15) is 11.5 Å². The zero-order chi connectivity index (χ0) is 14.9. The first-order chi connectivity index (χ1) is 9.40. The highest BCUT2D eigenvalue weighted by Gasteiger charge is 2.12. The highest BCUT2D eigenvalue weighted by molar-refractivity contribution is 5.94. The molecule has 0 bridgehead atoms. The molecule has 4 nitrogen and oxygen atoms in total. The Balaban J connectivity index is 2.53. The van der Waals surface area contributed by atoms with E-state index >= 15 is 0 Å². The fraction of sp³-hybridized carbons (Fsp3) is 0.375. The molecule has 2 rings (SSSR count). The number of phenols is 2. The average molecular weight is 274 g/mol. The van der Waals surface area contributed by atoms with Gasteiger partial charge in [0.2, 0.25) is 0 Å². The summed E-state index contributed by atoms with van der Waals surface area (Å²) in [7, 11) is 7.84. The second kappa shape index (κ2) is 5.69. The Kier molecular flexibility index (Phi) is 4.16. The number of nitrogens with zero attached hydrogens (tertiary/aromatic N) is 2. The van der Waals surface area contributed by atoms with E-state index < -0.39 is 0 Å². The number of hydrogen-bond acceptors (Lipinski definition) is 4. The Labute approximate surface area is 119 Å². The Morgan fingerprint density at radius 1 is 0.700 bits per heavy atom. The van der Waals surface area contributed by atoms with Crippen molar-refractivity contribution in [1.29, 1.82) is 0 Å². The molecule has 0 spiro atoms. The lowest BCUT2D eigenvalue weighted by molar-refractivity contribution is 0.385. The van der Waals surface area contributed by atoms with Crippen molar-refractivity contribution in [2.24, 2.45) is 0 Å². The lowest BCUT2D eigenvalue weighted by Gasteiger charge is -2.16. The number of fused-ring (bicyclic) bond motifs is 1. The third-order valence-corrected chi connectivity index (χ3v) is 3.28. The monoisotopic (exact) mass is 274 g/mol. The quantitative estimate of drug-likeness (QED) is 0.898. The van der Waals surface area contributed by atoms with E-state index in [9.17, 15) is 10.2 Å². The molecule has 0 aliphatic heterocycles. The Bertz CT molecular complexity index is 566. The maximum absolute atomic E-state index is 10.3. The van der Waals surface area contributed by atoms with Crippen molar-refractivity contribution in [3.8, 4) is 11.5 Å². The summed E-state index contributed by atoms with van der Waals surface area (Å²) in [6.45, 7) is 1.34. The third kappa shape index (κ3) is 2.86. The highest BCUT2D eigenvalue weighted by Crippen LogP contribution is 2.36. The normalized spacial score (nSPS) is 11.7. The predicted octanol–water partition coefficient (Wildman–Crippen LogP) is 2.37. The molecule has 0 unspecified atom stereocenters. The van der Waals surface area contributed by atoms with Crippen LogP contribution in [0.25, 0.3) is 10.8 Å². The summed E-state index contributed by atoms with van der Waals surface area (Å²) in [6, 6.07) is 7.50. The smallest absolute Gasteiger partial charge is 0.128 e. The van der Waals surface area contributed by atoms with Crippen LogP contribution in [0.15, 0.2) is 24.3 Å². The standard InChI is InChI=1S/C16H22N2O2/c1-17(2)9-11-5-7-14-13(15(11)19)8-6-12(16(14)20)10-18(3)4/h5-8,19-20H,9-10H2,1-4H3. The molecule has 0 aromatic heterocycles. The van der Waals surface area contributed by atoms with Crippen molar-refractivity contribution < 1.29 is 10.2 Å². The molecule has 0 heterocycles. The zero-order valence-electron chi connectivity index (χ0n) is 12.5. The average Bonchev–Trinajstić information content (AvgIpc) is 2.35. The van der Waals surface area contributed by atoms with Crippen molar-refractivity contribution >= 4 is 10.8 Å². The van der Waals surface area contributed by atoms with E-state index in [0.717, 1.165) is 11.1 Å². The summed E-state index contributed by atoms with van der Waals surface area (Å²) in [6.07, 6.45) is 0. The lowest BCUT2D eigenvalue weighted by Crippen LogP contribution is -2.11. The molecule has 0 aliphatic carbocycles. The van der Waals surface area contributed by atoms with Crippen LogP contribution in [-0.2, 0) is 13.1 Å². The van der Waals surface area contributed by atoms with E-state index in [4.69, 9.17) is 0 Å². The highest BCUT2D eigenvalue weighted by atomic mass is 16.3. The maximum atomic E-state index is 10.3. The largest absolute Gasteiger partial charge is 0.507 e. The summed E-state index contributed by atoms with van der Waals surface area (Å²) in [5.74, 6) is 0.505. The van der Waals surface area contributed by atoms with Crippen molar-refractivity contribution in [2.75, 3.05) is 28.2 Å². The zero-order valence-corrected chi connectivity index (χ0v) is 12.5. The van der Waals surface area contributed by atoms with Crippen LogP contribution in [0.1, 0.15) is 11.1 Å². The maximum Gasteiger partial charge on any atom is 0.128 e. The molecule has 2 aromatic carbocycles. The van der Waals surface area contributed by atoms with Crippen molar-refractivity contribution in [1.82, 2.24) is 9.80 Å². The van der Waals surface area contributed by atoms with Crippen LogP contribution >= 0.6 is 0 Å². The fourth-order valence-corrected chi connectivity index (χ4v) is 2.40. The van der Waals surface area contributed by atoms with E-state index in [-0.39, 0.29) is 11.5 Å². The Hall–Kier alpha value is -1.78. The molecule has 0 saturated heterocycles. The fourth-order valence-electron chi connectivity index (χ4n) is 2.40. The van der Waals surface area contributed by atoms with Gasteiger partial charge in [-0.3, -0.25) is 0 Å². The van der Waals surface area contributed by atoms with E-state index in [1.54, 1.807) is 0 Å². The van der Waals surface area contributed by atoms with Gasteiger partial charge in [-0.2, -0.15) is 0 Å². The molecule has 0 atom stereocenters. The minimum absolute atomic E-state index is 0.253. The van der Waals surface area contributed by atoms with Gasteiger partial charge < -0.3 is 20.0 Å². The topological polar surface area (TPSA) is 46.9 Å². The summed E-state index contributed by atoms with van der Waals surface area (Å²) in [4.78, 5) is 4.00. The van der Waals surface area contributed by atoms with Crippen molar-refractivity contribution in [3.05, 3.63) is 35.4 Å². The van der Waals surface area contributed by atoms with Gasteiger partial charge in [-0.25, -0.2) is 0 Å². The van der Waals surface area contributed by atoms with Gasteiger partial charge in [0.15, 0.2) is 0 Å². The number of aromatic hydroxyl groups is 2. The van der Waals surface area contributed by atoms with Gasteiger partial charge >= 0.3 is 0 Å². The predicted molar refractivity (Wildman–Crippen MR) is 82.1 cm³/mol. The summed E-state index contributed by atoms with van der Waals surface area (Å²) in [5, 5.41) is 22.1. The summed E-state index contributed by atoms with van der Waals surface area (Å²) < 4.78 is 0. The molecule has 0 radical (unpaired) electrons. The molecule has 20 heavy (non-hydrogen) atoms. The molecule has 4 heteroatoms. The van der Waals surface area contributed by atoms with Gasteiger partial charge in [-0.05, 0) is 28.2 Å². The molecule has 0 amide bonds. The molecule has 2 N–H and O–H groups in total. The van der Waals surface area contributed by atoms with E-state index in [1.807, 2.05) is 62.3 Å². The molecule has 0 saturated carbocycles. The van der Waals surface area contributed by atoms with Crippen LogP contribution in [0.5, 0.6) is 11.5 Å². The minimum Gasteiger partial charge on any atom is -0.507 e. The van der Waals surface area contributed by atoms with Crippen LogP contribution in [-0.4, -0.2) is 48.2 Å². The molecule has 0 fully saturated rings. The number of phenolic OH excluding ortho intramolecular Hbond substituents is 2. The Morgan fingerprint density at radius 2 is 1.05 bits per heavy atom. The molecule has 2 aromatic rings. The molecular weight excluding hydrogens is 252 g/mol. The number of benzene rings is 2. The lowest BCUT2D eigenvalue weighted by atomic mass is 10.0. The first kappa shape index (κ1) is 14.6. The van der Waals surface area contributed by atoms with Gasteiger partial charge in [-0.15, -0.1) is 0 Å². The second-order valence-electron chi connectivity index (χ2n) is 5.72. The molecule has 108 valence electrons. The number of rotatable bonds is 4. The first-order valence-corrected chi connectivity index (χ1v) is 6.65.